The molecule has 3 aromatic carbocycles. The number of carboxylic acids is 1. The van der Waals surface area contributed by atoms with Gasteiger partial charge in [0.1, 0.15) is 11.3 Å². The van der Waals surface area contributed by atoms with Gasteiger partial charge in [0.2, 0.25) is 5.60 Å². The van der Waals surface area contributed by atoms with E-state index in [1.165, 1.54) is 6.07 Å². The lowest BCUT2D eigenvalue weighted by Gasteiger charge is -2.31. The number of ether oxygens (including phenoxy) is 1. The van der Waals surface area contributed by atoms with Crippen LogP contribution in [0.2, 0.25) is 10.0 Å². The monoisotopic (exact) mass is 469 g/mol. The first kappa shape index (κ1) is 22.2. The number of benzene rings is 3. The average molecular weight is 470 g/mol. The third-order valence-electron chi connectivity index (χ3n) is 5.55. The molecule has 7 heteroatoms. The first-order chi connectivity index (χ1) is 15.2. The molecule has 32 heavy (non-hydrogen) atoms. The SMILES string of the molecule is CC(C)c1cccc(C(=O)O)c1OC1(Cc2cccc(Cl)c2)C(=O)Nc2cc(Cl)ccc21. The van der Waals surface area contributed by atoms with Crippen LogP contribution in [0.5, 0.6) is 5.75 Å². The van der Waals surface area contributed by atoms with Crippen LogP contribution in [0.25, 0.3) is 0 Å². The van der Waals surface area contributed by atoms with Crippen molar-refractivity contribution in [1.82, 2.24) is 0 Å². The standard InChI is InChI=1S/C25H21Cl2NO4/c1-14(2)18-7-4-8-19(23(29)30)22(18)32-25(13-15-5-3-6-16(26)11-15)20-10-9-17(27)12-21(20)28-24(25)31/h3-12,14H,13H2,1-2H3,(H,28,31)(H,29,30). The zero-order valence-corrected chi connectivity index (χ0v) is 19.0. The number of carbonyl (C=O) groups is 2. The van der Waals surface area contributed by atoms with Gasteiger partial charge in [-0.25, -0.2) is 4.79 Å². The molecule has 164 valence electrons. The first-order valence-electron chi connectivity index (χ1n) is 10.1. The molecule has 0 aliphatic carbocycles. The van der Waals surface area contributed by atoms with Crippen molar-refractivity contribution in [3.05, 3.63) is 93.0 Å². The minimum atomic E-state index is -1.50. The van der Waals surface area contributed by atoms with Crippen LogP contribution >= 0.6 is 23.2 Å². The summed E-state index contributed by atoms with van der Waals surface area (Å²) in [6.07, 6.45) is 0.152. The summed E-state index contributed by atoms with van der Waals surface area (Å²) in [5, 5.41) is 13.7. The molecule has 1 aliphatic rings. The lowest BCUT2D eigenvalue weighted by Crippen LogP contribution is -2.43. The third-order valence-corrected chi connectivity index (χ3v) is 6.02. The summed E-state index contributed by atoms with van der Waals surface area (Å²) >= 11 is 12.3. The molecule has 0 saturated heterocycles. The molecule has 0 saturated carbocycles. The number of fused-ring (bicyclic) bond motifs is 1. The molecule has 0 aromatic heterocycles. The van der Waals surface area contributed by atoms with Gasteiger partial charge in [0.05, 0.1) is 5.69 Å². The number of carboxylic acid groups (broad SMARTS) is 1. The lowest BCUT2D eigenvalue weighted by atomic mass is 9.87. The van der Waals surface area contributed by atoms with Gasteiger partial charge in [-0.2, -0.15) is 0 Å². The van der Waals surface area contributed by atoms with Crippen molar-refractivity contribution in [2.45, 2.75) is 31.8 Å². The van der Waals surface area contributed by atoms with Gasteiger partial charge in [-0.1, -0.05) is 67.4 Å². The minimum absolute atomic E-state index is 0.00289. The molecular formula is C25H21Cl2NO4. The Balaban J connectivity index is 1.94. The van der Waals surface area contributed by atoms with Crippen molar-refractivity contribution in [3.63, 3.8) is 0 Å². The van der Waals surface area contributed by atoms with Crippen LogP contribution in [-0.4, -0.2) is 17.0 Å². The third kappa shape index (κ3) is 3.94. The molecule has 1 amide bonds. The van der Waals surface area contributed by atoms with Gasteiger partial charge < -0.3 is 15.2 Å². The van der Waals surface area contributed by atoms with E-state index in [1.54, 1.807) is 42.5 Å². The molecule has 1 unspecified atom stereocenters. The number of nitrogens with one attached hydrogen (secondary N) is 1. The molecule has 0 bridgehead atoms. The molecular weight excluding hydrogens is 449 g/mol. The number of amides is 1. The fourth-order valence-electron chi connectivity index (χ4n) is 4.03. The van der Waals surface area contributed by atoms with Crippen molar-refractivity contribution in [3.8, 4) is 5.75 Å². The van der Waals surface area contributed by atoms with Crippen LogP contribution < -0.4 is 10.1 Å². The van der Waals surface area contributed by atoms with E-state index in [2.05, 4.69) is 5.32 Å². The van der Waals surface area contributed by atoms with Gasteiger partial charge >= 0.3 is 5.97 Å². The van der Waals surface area contributed by atoms with Gasteiger partial charge in [0.15, 0.2) is 0 Å². The van der Waals surface area contributed by atoms with Gasteiger partial charge in [-0.05, 0) is 47.4 Å². The predicted molar refractivity (Wildman–Crippen MR) is 125 cm³/mol. The molecule has 1 atom stereocenters. The maximum absolute atomic E-state index is 13.5. The Morgan fingerprint density at radius 3 is 2.47 bits per heavy atom. The van der Waals surface area contributed by atoms with Crippen molar-refractivity contribution in [1.29, 1.82) is 0 Å². The highest BCUT2D eigenvalue weighted by Crippen LogP contribution is 2.45. The zero-order chi connectivity index (χ0) is 23.0. The predicted octanol–water partition coefficient (Wildman–Crippen LogP) is 6.28. The number of aromatic carboxylic acids is 1. The summed E-state index contributed by atoms with van der Waals surface area (Å²) in [6, 6.07) is 17.2. The molecule has 2 N–H and O–H groups in total. The average Bonchev–Trinajstić information content (AvgIpc) is 2.98. The Kier molecular flexibility index (Phi) is 5.89. The summed E-state index contributed by atoms with van der Waals surface area (Å²) in [5.74, 6) is -1.38. The Morgan fingerprint density at radius 1 is 1.06 bits per heavy atom. The topological polar surface area (TPSA) is 75.6 Å². The van der Waals surface area contributed by atoms with Crippen molar-refractivity contribution >= 4 is 40.8 Å². The van der Waals surface area contributed by atoms with Crippen LogP contribution in [-0.2, 0) is 16.8 Å². The Bertz CT molecular complexity index is 1220. The second-order valence-electron chi connectivity index (χ2n) is 8.06. The normalized spacial score (nSPS) is 17.2. The Labute approximate surface area is 195 Å². The number of halogens is 2. The molecule has 0 spiro atoms. The molecule has 5 nitrogen and oxygen atoms in total. The van der Waals surface area contributed by atoms with Gasteiger partial charge in [0.25, 0.3) is 5.91 Å². The number of carbonyl (C=O) groups excluding carboxylic acids is 1. The van der Waals surface area contributed by atoms with E-state index in [1.807, 2.05) is 26.0 Å². The van der Waals surface area contributed by atoms with E-state index in [9.17, 15) is 14.7 Å². The summed E-state index contributed by atoms with van der Waals surface area (Å²) in [5.41, 5.74) is 1.09. The summed E-state index contributed by atoms with van der Waals surface area (Å²) in [7, 11) is 0. The Hall–Kier alpha value is -3.02. The highest BCUT2D eigenvalue weighted by Gasteiger charge is 2.50. The maximum atomic E-state index is 13.5. The molecule has 3 aromatic rings. The highest BCUT2D eigenvalue weighted by atomic mass is 35.5. The fourth-order valence-corrected chi connectivity index (χ4v) is 4.42. The van der Waals surface area contributed by atoms with Crippen molar-refractivity contribution in [2.24, 2.45) is 0 Å². The largest absolute Gasteiger partial charge is 0.478 e. The van der Waals surface area contributed by atoms with Crippen LogP contribution in [0.3, 0.4) is 0 Å². The molecule has 1 heterocycles. The maximum Gasteiger partial charge on any atom is 0.339 e. The minimum Gasteiger partial charge on any atom is -0.478 e. The smallest absolute Gasteiger partial charge is 0.339 e. The van der Waals surface area contributed by atoms with E-state index in [0.29, 0.717) is 26.9 Å². The van der Waals surface area contributed by atoms with Gasteiger partial charge in [0, 0.05) is 22.0 Å². The van der Waals surface area contributed by atoms with Crippen molar-refractivity contribution < 1.29 is 19.4 Å². The van der Waals surface area contributed by atoms with Crippen LogP contribution in [0, 0.1) is 0 Å². The lowest BCUT2D eigenvalue weighted by molar-refractivity contribution is -0.131. The summed E-state index contributed by atoms with van der Waals surface area (Å²) in [6.45, 7) is 3.89. The molecule has 1 aliphatic heterocycles. The number of rotatable bonds is 6. The number of anilines is 1. The van der Waals surface area contributed by atoms with Gasteiger partial charge in [-0.3, -0.25) is 4.79 Å². The van der Waals surface area contributed by atoms with Crippen LogP contribution in [0.4, 0.5) is 5.69 Å². The zero-order valence-electron chi connectivity index (χ0n) is 17.5. The molecule has 0 fully saturated rings. The number of hydrogen-bond donors (Lipinski definition) is 2. The van der Waals surface area contributed by atoms with Gasteiger partial charge in [-0.15, -0.1) is 0 Å². The quantitative estimate of drug-likeness (QED) is 0.444. The van der Waals surface area contributed by atoms with E-state index >= 15 is 0 Å². The van der Waals surface area contributed by atoms with E-state index in [0.717, 1.165) is 5.56 Å². The number of para-hydroxylation sites is 1. The summed E-state index contributed by atoms with van der Waals surface area (Å²) in [4.78, 5) is 25.5. The Morgan fingerprint density at radius 2 is 1.78 bits per heavy atom. The van der Waals surface area contributed by atoms with E-state index in [-0.39, 0.29) is 23.7 Å². The second kappa shape index (κ2) is 8.49. The van der Waals surface area contributed by atoms with Crippen LogP contribution in [0.15, 0.2) is 60.7 Å². The van der Waals surface area contributed by atoms with Crippen LogP contribution in [0.1, 0.15) is 46.8 Å². The first-order valence-corrected chi connectivity index (χ1v) is 10.9. The van der Waals surface area contributed by atoms with E-state index < -0.39 is 17.5 Å². The number of hydrogen-bond acceptors (Lipinski definition) is 3. The van der Waals surface area contributed by atoms with E-state index in [4.69, 9.17) is 27.9 Å². The van der Waals surface area contributed by atoms with Crippen molar-refractivity contribution in [2.75, 3.05) is 5.32 Å². The fraction of sp³-hybridized carbons (Fsp3) is 0.200. The second-order valence-corrected chi connectivity index (χ2v) is 8.94. The highest BCUT2D eigenvalue weighted by molar-refractivity contribution is 6.31. The molecule has 4 rings (SSSR count). The summed E-state index contributed by atoms with van der Waals surface area (Å²) < 4.78 is 6.49. The molecule has 0 radical (unpaired) electrons.